The fourth-order valence-corrected chi connectivity index (χ4v) is 10.2. The molecule has 75 heavy (non-hydrogen) atoms. The second kappa shape index (κ2) is 53.0. The van der Waals surface area contributed by atoms with Gasteiger partial charge in [-0.05, 0) is 77.0 Å². The summed E-state index contributed by atoms with van der Waals surface area (Å²) in [5, 5.41) is 76.3. The van der Waals surface area contributed by atoms with Gasteiger partial charge in [0.15, 0.2) is 6.29 Å². The van der Waals surface area contributed by atoms with Gasteiger partial charge in [0, 0.05) is 0 Å². The van der Waals surface area contributed by atoms with Crippen molar-refractivity contribution in [1.29, 1.82) is 0 Å². The molecule has 0 spiro atoms. The Labute approximate surface area is 460 Å². The van der Waals surface area contributed by atoms with Gasteiger partial charge in [-0.3, -0.25) is 4.79 Å². The molecule has 0 aliphatic carbocycles. The first-order valence-corrected chi connectivity index (χ1v) is 31.9. The van der Waals surface area contributed by atoms with Crippen molar-refractivity contribution in [2.45, 2.75) is 351 Å². The van der Waals surface area contributed by atoms with Gasteiger partial charge in [-0.2, -0.15) is 0 Å². The number of unbranched alkanes of at least 4 members (excludes halogenated alkanes) is 37. The van der Waals surface area contributed by atoms with E-state index in [0.29, 0.717) is 19.3 Å². The highest BCUT2D eigenvalue weighted by Gasteiger charge is 2.44. The van der Waals surface area contributed by atoms with Crippen LogP contribution in [0.3, 0.4) is 0 Å². The maximum absolute atomic E-state index is 13.2. The van der Waals surface area contributed by atoms with Crippen molar-refractivity contribution < 1.29 is 50.0 Å². The molecule has 1 fully saturated rings. The fraction of sp³-hybridized carbons (Fsp3) is 0.891. The van der Waals surface area contributed by atoms with Crippen LogP contribution in [0.25, 0.3) is 0 Å². The van der Waals surface area contributed by atoms with E-state index in [4.69, 9.17) is 9.47 Å². The standard InChI is InChI=1S/C64H121NO10/c1-3-5-7-9-11-13-15-17-19-21-23-25-26-27-28-29-30-31-32-34-36-38-40-42-44-46-48-50-52-57(68)63(73)65-55(54-74-64-62(72)61(71)60(70)58(53-66)75-64)59(69)56(67)51-49-47-45-43-41-39-37-35-33-24-22-20-18-16-14-12-10-8-6-4-2/h27-28,35,37,43,45,55-62,64,66-72H,3-26,29-34,36,38-42,44,46-54H2,1-2H3,(H,65,73)/b28-27-,37-35+,45-43+. The molecular weight excluding hydrogens is 943 g/mol. The van der Waals surface area contributed by atoms with Gasteiger partial charge in [0.1, 0.15) is 36.6 Å². The molecule has 0 aromatic rings. The van der Waals surface area contributed by atoms with Crippen LogP contribution in [0.15, 0.2) is 36.5 Å². The number of hydrogen-bond donors (Lipinski definition) is 8. The number of amides is 1. The molecule has 11 nitrogen and oxygen atoms in total. The zero-order valence-corrected chi connectivity index (χ0v) is 48.5. The predicted octanol–water partition coefficient (Wildman–Crippen LogP) is 14.2. The van der Waals surface area contributed by atoms with Gasteiger partial charge < -0.3 is 50.5 Å². The summed E-state index contributed by atoms with van der Waals surface area (Å²) in [7, 11) is 0. The lowest BCUT2D eigenvalue weighted by Crippen LogP contribution is -2.60. The van der Waals surface area contributed by atoms with Crippen LogP contribution in [0.4, 0.5) is 0 Å². The maximum atomic E-state index is 13.2. The normalized spacial score (nSPS) is 19.9. The number of carbonyl (C=O) groups is 1. The van der Waals surface area contributed by atoms with Crippen molar-refractivity contribution in [3.63, 3.8) is 0 Å². The first-order valence-electron chi connectivity index (χ1n) is 31.9. The fourth-order valence-electron chi connectivity index (χ4n) is 10.2. The molecule has 442 valence electrons. The summed E-state index contributed by atoms with van der Waals surface area (Å²) in [4.78, 5) is 13.2. The number of hydrogen-bond acceptors (Lipinski definition) is 10. The molecule has 0 bridgehead atoms. The number of aliphatic hydroxyl groups excluding tert-OH is 7. The lowest BCUT2D eigenvalue weighted by atomic mass is 9.98. The van der Waals surface area contributed by atoms with Gasteiger partial charge in [-0.15, -0.1) is 0 Å². The van der Waals surface area contributed by atoms with E-state index >= 15 is 0 Å². The lowest BCUT2D eigenvalue weighted by molar-refractivity contribution is -0.303. The lowest BCUT2D eigenvalue weighted by Gasteiger charge is -2.40. The van der Waals surface area contributed by atoms with E-state index in [9.17, 15) is 40.5 Å². The average molecular weight is 1060 g/mol. The Kier molecular flexibility index (Phi) is 50.4. The molecular formula is C64H121NO10. The summed E-state index contributed by atoms with van der Waals surface area (Å²) in [6.45, 7) is 3.47. The van der Waals surface area contributed by atoms with Gasteiger partial charge in [0.05, 0.1) is 25.4 Å². The number of allylic oxidation sites excluding steroid dienone is 6. The van der Waals surface area contributed by atoms with Crippen LogP contribution in [0.5, 0.6) is 0 Å². The Morgan fingerprint density at radius 3 is 1.19 bits per heavy atom. The van der Waals surface area contributed by atoms with Crippen molar-refractivity contribution in [3.05, 3.63) is 36.5 Å². The molecule has 1 aliphatic rings. The molecule has 9 unspecified atom stereocenters. The minimum atomic E-state index is -1.67. The third-order valence-electron chi connectivity index (χ3n) is 15.4. The molecule has 1 saturated heterocycles. The minimum absolute atomic E-state index is 0.247. The Bertz CT molecular complexity index is 1310. The average Bonchev–Trinajstić information content (AvgIpc) is 3.41. The topological polar surface area (TPSA) is 189 Å². The quantitative estimate of drug-likeness (QED) is 0.0215. The van der Waals surface area contributed by atoms with Gasteiger partial charge in [-0.1, -0.05) is 256 Å². The van der Waals surface area contributed by atoms with Crippen LogP contribution >= 0.6 is 0 Å². The predicted molar refractivity (Wildman–Crippen MR) is 312 cm³/mol. The molecule has 8 N–H and O–H groups in total. The van der Waals surface area contributed by atoms with Crippen molar-refractivity contribution in [1.82, 2.24) is 5.32 Å². The van der Waals surface area contributed by atoms with Gasteiger partial charge >= 0.3 is 0 Å². The first kappa shape index (κ1) is 71.3. The molecule has 0 saturated carbocycles. The summed E-state index contributed by atoms with van der Waals surface area (Å²) in [6.07, 6.45) is 55.0. The summed E-state index contributed by atoms with van der Waals surface area (Å²) >= 11 is 0. The van der Waals surface area contributed by atoms with Crippen molar-refractivity contribution in [2.24, 2.45) is 0 Å². The number of nitrogens with one attached hydrogen (secondary N) is 1. The Morgan fingerprint density at radius 1 is 0.453 bits per heavy atom. The van der Waals surface area contributed by atoms with Gasteiger partial charge in [-0.25, -0.2) is 0 Å². The number of rotatable bonds is 55. The molecule has 11 heteroatoms. The van der Waals surface area contributed by atoms with Crippen LogP contribution in [0, 0.1) is 0 Å². The van der Waals surface area contributed by atoms with Crippen molar-refractivity contribution >= 4 is 5.91 Å². The largest absolute Gasteiger partial charge is 0.394 e. The van der Waals surface area contributed by atoms with E-state index < -0.39 is 74.2 Å². The van der Waals surface area contributed by atoms with Crippen molar-refractivity contribution in [3.8, 4) is 0 Å². The zero-order chi connectivity index (χ0) is 54.7. The van der Waals surface area contributed by atoms with Gasteiger partial charge in [0.2, 0.25) is 5.91 Å². The third-order valence-corrected chi connectivity index (χ3v) is 15.4. The van der Waals surface area contributed by atoms with E-state index in [1.807, 2.05) is 0 Å². The molecule has 0 aromatic carbocycles. The number of aliphatic hydroxyl groups is 7. The highest BCUT2D eigenvalue weighted by atomic mass is 16.7. The van der Waals surface area contributed by atoms with Crippen molar-refractivity contribution in [2.75, 3.05) is 13.2 Å². The molecule has 1 heterocycles. The first-order chi connectivity index (χ1) is 36.7. The molecule has 1 aliphatic heterocycles. The van der Waals surface area contributed by atoms with E-state index in [-0.39, 0.29) is 12.8 Å². The summed E-state index contributed by atoms with van der Waals surface area (Å²) < 4.78 is 11.1. The molecule has 0 aromatic heterocycles. The highest BCUT2D eigenvalue weighted by Crippen LogP contribution is 2.23. The highest BCUT2D eigenvalue weighted by molar-refractivity contribution is 5.80. The molecule has 9 atom stereocenters. The van der Waals surface area contributed by atoms with Crippen LogP contribution in [0.2, 0.25) is 0 Å². The van der Waals surface area contributed by atoms with E-state index in [1.165, 1.54) is 212 Å². The number of ether oxygens (including phenoxy) is 2. The van der Waals surface area contributed by atoms with Gasteiger partial charge in [0.25, 0.3) is 0 Å². The molecule has 0 radical (unpaired) electrons. The Morgan fingerprint density at radius 2 is 0.800 bits per heavy atom. The molecule has 1 rings (SSSR count). The van der Waals surface area contributed by atoms with Crippen LogP contribution < -0.4 is 5.32 Å². The summed E-state index contributed by atoms with van der Waals surface area (Å²) in [6, 6.07) is -1.19. The summed E-state index contributed by atoms with van der Waals surface area (Å²) in [5.41, 5.74) is 0. The third kappa shape index (κ3) is 41.1. The Balaban J connectivity index is 2.27. The monoisotopic (exact) mass is 1060 g/mol. The molecule has 1 amide bonds. The van der Waals surface area contributed by atoms with Crippen LogP contribution in [-0.4, -0.2) is 110 Å². The minimum Gasteiger partial charge on any atom is -0.394 e. The SMILES string of the molecule is CCCCCCCCCCCCC/C=C/CC/C=C/CCCC(O)C(O)C(COC1OC(CO)C(O)C(O)C1O)NC(=O)C(O)CCCCCCCCCCCCCC/C=C\CCCCCCCCCCCCCC. The number of carbonyl (C=O) groups excluding carboxylic acids is 1. The second-order valence-electron chi connectivity index (χ2n) is 22.5. The smallest absolute Gasteiger partial charge is 0.249 e. The second-order valence-corrected chi connectivity index (χ2v) is 22.5. The van der Waals surface area contributed by atoms with E-state index in [2.05, 4.69) is 55.6 Å². The zero-order valence-electron chi connectivity index (χ0n) is 48.5. The van der Waals surface area contributed by atoms with Crippen LogP contribution in [-0.2, 0) is 14.3 Å². The summed E-state index contributed by atoms with van der Waals surface area (Å²) in [5.74, 6) is -0.707. The van der Waals surface area contributed by atoms with E-state index in [0.717, 1.165) is 38.5 Å². The van der Waals surface area contributed by atoms with Crippen LogP contribution in [0.1, 0.15) is 296 Å². The van der Waals surface area contributed by atoms with E-state index in [1.54, 1.807) is 0 Å². The Hall–Kier alpha value is -1.67. The maximum Gasteiger partial charge on any atom is 0.249 e.